The molecule has 0 N–H and O–H groups in total. The first-order valence-electron chi connectivity index (χ1n) is 3.95. The Morgan fingerprint density at radius 2 is 2.38 bits per heavy atom. The first-order chi connectivity index (χ1) is 6.16. The molecular formula is C9H10ClNO2. The fraction of sp³-hybridized carbons (Fsp3) is 0.333. The molecule has 0 spiro atoms. The number of halogens is 1. The van der Waals surface area contributed by atoms with Crippen molar-refractivity contribution in [3.8, 4) is 0 Å². The quantitative estimate of drug-likeness (QED) is 0.542. The molecule has 0 bridgehead atoms. The van der Waals surface area contributed by atoms with Crippen LogP contribution < -0.4 is 0 Å². The second-order valence-corrected chi connectivity index (χ2v) is 2.85. The van der Waals surface area contributed by atoms with Gasteiger partial charge in [-0.25, -0.2) is 9.78 Å². The van der Waals surface area contributed by atoms with E-state index in [9.17, 15) is 4.79 Å². The number of carbonyl (C=O) groups excluding carboxylic acids is 1. The standard InChI is InChI=1S/C9H10ClNO2/c1-3-13-9(12)7-4-5-11-8(10)6(7)2/h4-5H,3H2,1-2H3. The van der Waals surface area contributed by atoms with E-state index in [0.717, 1.165) is 0 Å². The van der Waals surface area contributed by atoms with Gasteiger partial charge in [0.15, 0.2) is 0 Å². The molecule has 70 valence electrons. The predicted molar refractivity (Wildman–Crippen MR) is 49.9 cm³/mol. The van der Waals surface area contributed by atoms with Gasteiger partial charge in [0.05, 0.1) is 12.2 Å². The molecule has 1 aromatic heterocycles. The van der Waals surface area contributed by atoms with Gasteiger partial charge in [0.25, 0.3) is 0 Å². The van der Waals surface area contributed by atoms with Crippen molar-refractivity contribution in [3.05, 3.63) is 28.5 Å². The summed E-state index contributed by atoms with van der Waals surface area (Å²) < 4.78 is 4.84. The van der Waals surface area contributed by atoms with Crippen LogP contribution in [0.2, 0.25) is 5.15 Å². The van der Waals surface area contributed by atoms with E-state index in [0.29, 0.717) is 22.9 Å². The van der Waals surface area contributed by atoms with E-state index < -0.39 is 0 Å². The fourth-order valence-electron chi connectivity index (χ4n) is 0.940. The Morgan fingerprint density at radius 1 is 1.69 bits per heavy atom. The lowest BCUT2D eigenvalue weighted by Gasteiger charge is -2.05. The summed E-state index contributed by atoms with van der Waals surface area (Å²) in [5.41, 5.74) is 1.13. The van der Waals surface area contributed by atoms with Gasteiger partial charge in [-0.3, -0.25) is 0 Å². The van der Waals surface area contributed by atoms with Crippen LogP contribution in [0.5, 0.6) is 0 Å². The van der Waals surface area contributed by atoms with E-state index in [2.05, 4.69) is 4.98 Å². The van der Waals surface area contributed by atoms with Gasteiger partial charge in [0, 0.05) is 11.8 Å². The Hall–Kier alpha value is -1.09. The molecule has 0 saturated carbocycles. The maximum Gasteiger partial charge on any atom is 0.338 e. The highest BCUT2D eigenvalue weighted by Crippen LogP contribution is 2.16. The Kier molecular flexibility index (Phi) is 3.25. The third-order valence-corrected chi connectivity index (χ3v) is 2.02. The molecule has 0 amide bonds. The minimum atomic E-state index is -0.357. The number of aromatic nitrogens is 1. The normalized spacial score (nSPS) is 9.77. The minimum Gasteiger partial charge on any atom is -0.462 e. The van der Waals surface area contributed by atoms with Gasteiger partial charge < -0.3 is 4.74 Å². The van der Waals surface area contributed by atoms with Crippen LogP contribution in [-0.2, 0) is 4.74 Å². The highest BCUT2D eigenvalue weighted by molar-refractivity contribution is 6.30. The van der Waals surface area contributed by atoms with Gasteiger partial charge in [-0.2, -0.15) is 0 Å². The van der Waals surface area contributed by atoms with Crippen LogP contribution in [0.25, 0.3) is 0 Å². The Labute approximate surface area is 81.7 Å². The molecule has 1 heterocycles. The van der Waals surface area contributed by atoms with Crippen LogP contribution in [0.4, 0.5) is 0 Å². The van der Waals surface area contributed by atoms with E-state index in [1.165, 1.54) is 6.20 Å². The lowest BCUT2D eigenvalue weighted by atomic mass is 10.2. The molecule has 0 aliphatic heterocycles. The molecule has 0 aliphatic carbocycles. The molecule has 1 rings (SSSR count). The average molecular weight is 200 g/mol. The maximum absolute atomic E-state index is 11.3. The molecule has 0 aromatic carbocycles. The van der Waals surface area contributed by atoms with Gasteiger partial charge >= 0.3 is 5.97 Å². The molecule has 0 atom stereocenters. The van der Waals surface area contributed by atoms with E-state index in [-0.39, 0.29) is 5.97 Å². The maximum atomic E-state index is 11.3. The second kappa shape index (κ2) is 4.23. The van der Waals surface area contributed by atoms with Crippen molar-refractivity contribution in [1.82, 2.24) is 4.98 Å². The van der Waals surface area contributed by atoms with Gasteiger partial charge in [-0.15, -0.1) is 0 Å². The summed E-state index contributed by atoms with van der Waals surface area (Å²) in [5, 5.41) is 0.338. The number of esters is 1. The minimum absolute atomic E-state index is 0.338. The summed E-state index contributed by atoms with van der Waals surface area (Å²) in [6.45, 7) is 3.86. The SMILES string of the molecule is CCOC(=O)c1ccnc(Cl)c1C. The fourth-order valence-corrected chi connectivity index (χ4v) is 1.10. The van der Waals surface area contributed by atoms with Crippen molar-refractivity contribution in [2.45, 2.75) is 13.8 Å². The van der Waals surface area contributed by atoms with Gasteiger partial charge in [0.1, 0.15) is 5.15 Å². The molecule has 0 fully saturated rings. The third-order valence-electron chi connectivity index (χ3n) is 1.64. The first-order valence-corrected chi connectivity index (χ1v) is 4.32. The van der Waals surface area contributed by atoms with Crippen LogP contribution in [0.3, 0.4) is 0 Å². The Balaban J connectivity index is 3.01. The Morgan fingerprint density at radius 3 is 3.00 bits per heavy atom. The topological polar surface area (TPSA) is 39.2 Å². The smallest absolute Gasteiger partial charge is 0.338 e. The van der Waals surface area contributed by atoms with Crippen LogP contribution in [0.1, 0.15) is 22.8 Å². The lowest BCUT2D eigenvalue weighted by Crippen LogP contribution is -2.07. The van der Waals surface area contributed by atoms with Crippen molar-refractivity contribution in [2.24, 2.45) is 0 Å². The summed E-state index contributed by atoms with van der Waals surface area (Å²) in [6, 6.07) is 1.60. The molecule has 4 heteroatoms. The Bertz CT molecular complexity index is 325. The molecule has 0 radical (unpaired) electrons. The zero-order chi connectivity index (χ0) is 9.84. The van der Waals surface area contributed by atoms with Crippen LogP contribution >= 0.6 is 11.6 Å². The van der Waals surface area contributed by atoms with Gasteiger partial charge in [-0.05, 0) is 19.9 Å². The van der Waals surface area contributed by atoms with E-state index in [4.69, 9.17) is 16.3 Å². The lowest BCUT2D eigenvalue weighted by molar-refractivity contribution is 0.0525. The highest BCUT2D eigenvalue weighted by Gasteiger charge is 2.11. The predicted octanol–water partition coefficient (Wildman–Crippen LogP) is 2.22. The average Bonchev–Trinajstić information content (AvgIpc) is 2.10. The number of hydrogen-bond acceptors (Lipinski definition) is 3. The van der Waals surface area contributed by atoms with Crippen molar-refractivity contribution in [2.75, 3.05) is 6.61 Å². The highest BCUT2D eigenvalue weighted by atomic mass is 35.5. The van der Waals surface area contributed by atoms with Crippen molar-refractivity contribution >= 4 is 17.6 Å². The number of rotatable bonds is 2. The molecule has 0 saturated heterocycles. The van der Waals surface area contributed by atoms with Crippen LogP contribution in [0, 0.1) is 6.92 Å². The molecule has 3 nitrogen and oxygen atoms in total. The first kappa shape index (κ1) is 9.99. The molecule has 13 heavy (non-hydrogen) atoms. The monoisotopic (exact) mass is 199 g/mol. The zero-order valence-electron chi connectivity index (χ0n) is 7.50. The summed E-state index contributed by atoms with van der Waals surface area (Å²) in [4.78, 5) is 15.1. The van der Waals surface area contributed by atoms with Crippen LogP contribution in [-0.4, -0.2) is 17.6 Å². The molecule has 1 aromatic rings. The molecule has 0 unspecified atom stereocenters. The molecule has 0 aliphatic rings. The van der Waals surface area contributed by atoms with Crippen molar-refractivity contribution < 1.29 is 9.53 Å². The van der Waals surface area contributed by atoms with Crippen molar-refractivity contribution in [1.29, 1.82) is 0 Å². The van der Waals surface area contributed by atoms with E-state index in [1.807, 2.05) is 0 Å². The third kappa shape index (κ3) is 2.18. The van der Waals surface area contributed by atoms with Gasteiger partial charge in [0.2, 0.25) is 0 Å². The number of carbonyl (C=O) groups is 1. The second-order valence-electron chi connectivity index (χ2n) is 2.49. The number of hydrogen-bond donors (Lipinski definition) is 0. The number of ether oxygens (including phenoxy) is 1. The van der Waals surface area contributed by atoms with E-state index >= 15 is 0 Å². The summed E-state index contributed by atoms with van der Waals surface area (Å²) in [6.07, 6.45) is 1.49. The summed E-state index contributed by atoms with van der Waals surface area (Å²) in [5.74, 6) is -0.357. The van der Waals surface area contributed by atoms with Gasteiger partial charge in [-0.1, -0.05) is 11.6 Å². The number of nitrogens with zero attached hydrogens (tertiary/aromatic N) is 1. The summed E-state index contributed by atoms with van der Waals surface area (Å²) >= 11 is 5.74. The van der Waals surface area contributed by atoms with Crippen molar-refractivity contribution in [3.63, 3.8) is 0 Å². The largest absolute Gasteiger partial charge is 0.462 e. The zero-order valence-corrected chi connectivity index (χ0v) is 8.26. The van der Waals surface area contributed by atoms with Crippen LogP contribution in [0.15, 0.2) is 12.3 Å². The number of pyridine rings is 1. The summed E-state index contributed by atoms with van der Waals surface area (Å²) in [7, 11) is 0. The molecular weight excluding hydrogens is 190 g/mol. The van der Waals surface area contributed by atoms with E-state index in [1.54, 1.807) is 19.9 Å².